The molecule has 61 valence electrons. The molecule has 0 amide bonds. The van der Waals surface area contributed by atoms with Crippen LogP contribution < -0.4 is 59.1 Å². The van der Waals surface area contributed by atoms with E-state index in [1.54, 1.807) is 0 Å². The molecule has 0 bridgehead atoms. The Kier molecular flexibility index (Phi) is 13.0. The first-order valence-corrected chi connectivity index (χ1v) is 18.6. The zero-order chi connectivity index (χ0) is 6.41. The van der Waals surface area contributed by atoms with E-state index in [4.69, 9.17) is 57.5 Å². The Morgan fingerprint density at radius 2 is 0.600 bits per heavy atom. The second-order valence-electron chi connectivity index (χ2n) is 0.714. The molecule has 0 saturated carbocycles. The van der Waals surface area contributed by atoms with Crippen LogP contribution in [0.2, 0.25) is 0 Å². The van der Waals surface area contributed by atoms with Crippen LogP contribution in [0.5, 0.6) is 0 Å². The van der Waals surface area contributed by atoms with E-state index in [9.17, 15) is 0 Å². The van der Waals surface area contributed by atoms with E-state index in [2.05, 4.69) is 0 Å². The predicted octanol–water partition coefficient (Wildman–Crippen LogP) is -2.68. The van der Waals surface area contributed by atoms with E-state index in [1.165, 1.54) is 0 Å². The molecule has 10 heteroatoms. The fourth-order valence-corrected chi connectivity index (χ4v) is 0. The van der Waals surface area contributed by atoms with Crippen LogP contribution in [-0.4, -0.2) is 5.48 Å². The summed E-state index contributed by atoms with van der Waals surface area (Å²) in [4.78, 5) is 0. The molecule has 0 heterocycles. The summed E-state index contributed by atoms with van der Waals surface area (Å²) in [7, 11) is 30.3. The standard InChI is InChI=1S/6ClH.Ir.2Na.H2O/h6*1H;;;;1H2/q;;;;;;+4;2*+1;/p-6. The van der Waals surface area contributed by atoms with Crippen molar-refractivity contribution in [2.75, 3.05) is 0 Å². The summed E-state index contributed by atoms with van der Waals surface area (Å²) in [5.74, 6) is 0. The van der Waals surface area contributed by atoms with E-state index in [0.29, 0.717) is 0 Å². The SMILES string of the molecule is O.[Cl][Ir-2]([Cl])([Cl])([Cl])([Cl])[Cl].[Na+].[Na+]. The van der Waals surface area contributed by atoms with Gasteiger partial charge in [-0.1, -0.05) is 0 Å². The molecular formula is H2Cl6IrNa2O. The van der Waals surface area contributed by atoms with Gasteiger partial charge in [-0.2, -0.15) is 0 Å². The number of halogens is 6. The Hall–Kier alpha value is 4.35. The quantitative estimate of drug-likeness (QED) is 0.347. The average Bonchev–Trinajstić information content (AvgIpc) is 0.592. The fourth-order valence-electron chi connectivity index (χ4n) is 0. The van der Waals surface area contributed by atoms with Gasteiger partial charge in [-0.05, 0) is 0 Å². The van der Waals surface area contributed by atoms with E-state index in [0.717, 1.165) is 0 Å². The maximum Gasteiger partial charge on any atom is 1.00 e. The van der Waals surface area contributed by atoms with Crippen molar-refractivity contribution < 1.29 is 71.4 Å². The normalized spacial score (nSPS) is 16.2. The molecular weight excluding hydrogens is 467 g/mol. The van der Waals surface area contributed by atoms with Gasteiger partial charge in [0.15, 0.2) is 0 Å². The molecule has 0 unspecified atom stereocenters. The van der Waals surface area contributed by atoms with Gasteiger partial charge < -0.3 is 5.48 Å². The molecule has 0 aliphatic carbocycles. The monoisotopic (exact) mass is 467 g/mol. The maximum absolute atomic E-state index is 5.33. The molecule has 0 radical (unpaired) electrons. The van der Waals surface area contributed by atoms with Crippen LogP contribution in [0, 0.1) is 0 Å². The minimum atomic E-state index is -5.33. The Bertz CT molecular complexity index is 74.3. The maximum atomic E-state index is 5.06. The van der Waals surface area contributed by atoms with Gasteiger partial charge in [0.25, 0.3) is 0 Å². The average molecular weight is 469 g/mol. The van der Waals surface area contributed by atoms with Crippen LogP contribution in [-0.2, 0) is 6.81 Å². The molecule has 0 aromatic carbocycles. The third-order valence-electron chi connectivity index (χ3n) is 0. The predicted molar refractivity (Wildman–Crippen MR) is 38.7 cm³/mol. The smallest absolute Gasteiger partial charge is 1.00 e. The first-order valence-electron chi connectivity index (χ1n) is 0.756. The summed E-state index contributed by atoms with van der Waals surface area (Å²) >= 11 is 0. The third kappa shape index (κ3) is 84.1. The van der Waals surface area contributed by atoms with Gasteiger partial charge in [-0.25, -0.2) is 0 Å². The van der Waals surface area contributed by atoms with Gasteiger partial charge in [0, 0.05) is 0 Å². The molecule has 0 atom stereocenters. The molecule has 0 spiro atoms. The topological polar surface area (TPSA) is 31.5 Å². The molecule has 2 N–H and O–H groups in total. The van der Waals surface area contributed by atoms with Gasteiger partial charge in [0.05, 0.1) is 0 Å². The number of hydrogen-bond acceptors (Lipinski definition) is 0. The van der Waals surface area contributed by atoms with Crippen LogP contribution in [0.25, 0.3) is 0 Å². The molecule has 1 nitrogen and oxygen atoms in total. The van der Waals surface area contributed by atoms with Gasteiger partial charge in [0.1, 0.15) is 0 Å². The van der Waals surface area contributed by atoms with Gasteiger partial charge >= 0.3 is 123 Å². The Morgan fingerprint density at radius 3 is 0.600 bits per heavy atom. The molecule has 0 fully saturated rings. The van der Waals surface area contributed by atoms with Crippen molar-refractivity contribution >= 4 is 57.5 Å². The Balaban J connectivity index is -0.0000000600. The second kappa shape index (κ2) is 5.44. The van der Waals surface area contributed by atoms with E-state index in [-0.39, 0.29) is 64.6 Å². The van der Waals surface area contributed by atoms with E-state index in [1.807, 2.05) is 0 Å². The molecule has 0 aromatic rings. The Labute approximate surface area is 126 Å². The molecule has 10 heavy (non-hydrogen) atoms. The van der Waals surface area contributed by atoms with Crippen LogP contribution in [0.4, 0.5) is 0 Å². The number of hydrogen-bond donors (Lipinski definition) is 0. The first kappa shape index (κ1) is 23.9. The van der Waals surface area contributed by atoms with E-state index < -0.39 is 6.81 Å². The summed E-state index contributed by atoms with van der Waals surface area (Å²) in [6.07, 6.45) is 0. The zero-order valence-electron chi connectivity index (χ0n) is 5.10. The van der Waals surface area contributed by atoms with Crippen LogP contribution >= 0.6 is 57.5 Å². The van der Waals surface area contributed by atoms with Crippen LogP contribution in [0.15, 0.2) is 0 Å². The largest absolute Gasteiger partial charge is 1.00 e. The fraction of sp³-hybridized carbons (Fsp3) is 0. The van der Waals surface area contributed by atoms with Gasteiger partial charge in [0.2, 0.25) is 0 Å². The van der Waals surface area contributed by atoms with Gasteiger partial charge in [-0.3, -0.25) is 0 Å². The molecule has 0 saturated heterocycles. The summed E-state index contributed by atoms with van der Waals surface area (Å²) in [6, 6.07) is 0. The molecule has 0 rings (SSSR count). The molecule has 0 aliphatic rings. The summed E-state index contributed by atoms with van der Waals surface area (Å²) in [5.41, 5.74) is 0. The van der Waals surface area contributed by atoms with E-state index >= 15 is 0 Å². The summed E-state index contributed by atoms with van der Waals surface area (Å²) in [5, 5.41) is 0. The third-order valence-corrected chi connectivity index (χ3v) is 0. The van der Waals surface area contributed by atoms with Crippen molar-refractivity contribution in [2.24, 2.45) is 0 Å². The van der Waals surface area contributed by atoms with Crippen molar-refractivity contribution in [3.63, 3.8) is 0 Å². The van der Waals surface area contributed by atoms with Crippen molar-refractivity contribution in [3.8, 4) is 0 Å². The number of rotatable bonds is 0. The first-order chi connectivity index (χ1) is 2.45. The zero-order valence-corrected chi connectivity index (χ0v) is 16.0. The van der Waals surface area contributed by atoms with Crippen LogP contribution in [0.1, 0.15) is 0 Å². The van der Waals surface area contributed by atoms with Crippen molar-refractivity contribution in [1.82, 2.24) is 0 Å². The van der Waals surface area contributed by atoms with Gasteiger partial charge in [-0.15, -0.1) is 0 Å². The van der Waals surface area contributed by atoms with Crippen molar-refractivity contribution in [1.29, 1.82) is 0 Å². The summed E-state index contributed by atoms with van der Waals surface area (Å²) in [6.45, 7) is -5.33. The van der Waals surface area contributed by atoms with Crippen molar-refractivity contribution in [2.45, 2.75) is 0 Å². The van der Waals surface area contributed by atoms with Crippen molar-refractivity contribution in [3.05, 3.63) is 0 Å². The second-order valence-corrected chi connectivity index (χ2v) is 52.6. The molecule has 0 aromatic heterocycles. The minimum Gasteiger partial charge on any atom is 1.00 e. The summed E-state index contributed by atoms with van der Waals surface area (Å²) < 4.78 is 0. The minimum absolute atomic E-state index is 0. The molecule has 0 aliphatic heterocycles. The Morgan fingerprint density at radius 1 is 0.600 bits per heavy atom. The van der Waals surface area contributed by atoms with Crippen LogP contribution in [0.3, 0.4) is 0 Å².